The van der Waals surface area contributed by atoms with Crippen LogP contribution in [0.25, 0.3) is 0 Å². The van der Waals surface area contributed by atoms with Gasteiger partial charge in [-0.2, -0.15) is 11.8 Å². The molecule has 2 atom stereocenters. The molecule has 14 heavy (non-hydrogen) atoms. The van der Waals surface area contributed by atoms with E-state index in [-0.39, 0.29) is 11.9 Å². The highest BCUT2D eigenvalue weighted by Gasteiger charge is 2.26. The summed E-state index contributed by atoms with van der Waals surface area (Å²) >= 11 is 1.78. The lowest BCUT2D eigenvalue weighted by molar-refractivity contribution is -0.133. The summed E-state index contributed by atoms with van der Waals surface area (Å²) < 4.78 is 0. The number of aliphatic hydroxyl groups is 1. The summed E-state index contributed by atoms with van der Waals surface area (Å²) in [6.07, 6.45) is -0.445. The van der Waals surface area contributed by atoms with Gasteiger partial charge in [0.25, 0.3) is 0 Å². The molecule has 82 valence electrons. The predicted octanol–water partition coefficient (Wildman–Crippen LogP) is -0.469. The number of nitrogens with zero attached hydrogens (tertiary/aromatic N) is 1. The summed E-state index contributed by atoms with van der Waals surface area (Å²) in [6.45, 7) is 2.89. The van der Waals surface area contributed by atoms with Gasteiger partial charge in [0.1, 0.15) is 0 Å². The lowest BCUT2D eigenvalue weighted by Crippen LogP contribution is -2.47. The summed E-state index contributed by atoms with van der Waals surface area (Å²) in [5, 5.41) is 12.3. The van der Waals surface area contributed by atoms with Crippen LogP contribution in [0, 0.1) is 0 Å². The van der Waals surface area contributed by atoms with E-state index in [0.717, 1.165) is 18.1 Å². The topological polar surface area (TPSA) is 52.6 Å². The first-order valence-electron chi connectivity index (χ1n) is 4.87. The minimum Gasteiger partial charge on any atom is -0.392 e. The van der Waals surface area contributed by atoms with Crippen molar-refractivity contribution in [1.29, 1.82) is 0 Å². The van der Waals surface area contributed by atoms with Gasteiger partial charge in [-0.05, 0) is 14.0 Å². The van der Waals surface area contributed by atoms with Crippen molar-refractivity contribution in [3.8, 4) is 0 Å². The minimum atomic E-state index is -0.445. The Balaban J connectivity index is 2.58. The molecule has 1 aliphatic heterocycles. The molecule has 0 spiro atoms. The van der Waals surface area contributed by atoms with Gasteiger partial charge in [0, 0.05) is 24.6 Å². The van der Waals surface area contributed by atoms with Crippen LogP contribution in [0.4, 0.5) is 0 Å². The molecule has 1 aliphatic rings. The predicted molar refractivity (Wildman–Crippen MR) is 58.4 cm³/mol. The van der Waals surface area contributed by atoms with E-state index in [9.17, 15) is 9.90 Å². The molecule has 2 unspecified atom stereocenters. The second-order valence-electron chi connectivity index (χ2n) is 3.55. The summed E-state index contributed by atoms with van der Waals surface area (Å²) in [6, 6.07) is -0.0961. The number of likely N-dealkylation sites (N-methyl/N-ethyl adjacent to an activating group) is 1. The zero-order valence-electron chi connectivity index (χ0n) is 8.69. The Morgan fingerprint density at radius 3 is 3.07 bits per heavy atom. The second-order valence-corrected chi connectivity index (χ2v) is 4.70. The summed E-state index contributed by atoms with van der Waals surface area (Å²) in [7, 11) is 1.80. The Morgan fingerprint density at radius 1 is 1.79 bits per heavy atom. The average molecular weight is 218 g/mol. The number of carbonyl (C=O) groups is 1. The molecule has 0 bridgehead atoms. The molecular formula is C9H18N2O2S. The van der Waals surface area contributed by atoms with Crippen LogP contribution in [0.15, 0.2) is 0 Å². The van der Waals surface area contributed by atoms with Gasteiger partial charge >= 0.3 is 0 Å². The molecule has 0 radical (unpaired) electrons. The van der Waals surface area contributed by atoms with Crippen LogP contribution in [0.3, 0.4) is 0 Å². The fourth-order valence-electron chi connectivity index (χ4n) is 1.48. The standard InChI is InChI=1S/C9H18N2O2S/c1-7(12)5-11-3-4-14-6-8(10-2)9(11)13/h7-8,10,12H,3-6H2,1-2H3. The van der Waals surface area contributed by atoms with E-state index < -0.39 is 6.10 Å². The number of rotatable bonds is 3. The summed E-state index contributed by atoms with van der Waals surface area (Å²) in [4.78, 5) is 13.6. The van der Waals surface area contributed by atoms with E-state index in [4.69, 9.17) is 0 Å². The van der Waals surface area contributed by atoms with Gasteiger partial charge in [-0.15, -0.1) is 0 Å². The zero-order valence-corrected chi connectivity index (χ0v) is 9.51. The number of aliphatic hydroxyl groups excluding tert-OH is 1. The van der Waals surface area contributed by atoms with Crippen molar-refractivity contribution in [2.24, 2.45) is 0 Å². The maximum absolute atomic E-state index is 11.9. The van der Waals surface area contributed by atoms with Crippen LogP contribution < -0.4 is 5.32 Å². The summed E-state index contributed by atoms with van der Waals surface area (Å²) in [5.41, 5.74) is 0. The number of carbonyl (C=O) groups excluding carboxylic acids is 1. The SMILES string of the molecule is CNC1CSCCN(CC(C)O)C1=O. The van der Waals surface area contributed by atoms with Crippen LogP contribution in [-0.2, 0) is 4.79 Å². The molecule has 5 heteroatoms. The third-order valence-electron chi connectivity index (χ3n) is 2.23. The maximum atomic E-state index is 11.9. The normalized spacial score (nSPS) is 26.1. The van der Waals surface area contributed by atoms with Gasteiger partial charge in [0.05, 0.1) is 12.1 Å². The first-order chi connectivity index (χ1) is 6.65. The van der Waals surface area contributed by atoms with Crippen LogP contribution in [0.2, 0.25) is 0 Å². The van der Waals surface area contributed by atoms with Crippen LogP contribution >= 0.6 is 11.8 Å². The first-order valence-corrected chi connectivity index (χ1v) is 6.02. The number of nitrogens with one attached hydrogen (secondary N) is 1. The van der Waals surface area contributed by atoms with Crippen molar-refractivity contribution in [3.05, 3.63) is 0 Å². The summed E-state index contributed by atoms with van der Waals surface area (Å²) in [5.74, 6) is 1.89. The molecule has 1 fully saturated rings. The van der Waals surface area contributed by atoms with Crippen molar-refractivity contribution >= 4 is 17.7 Å². The average Bonchev–Trinajstić information content (AvgIpc) is 2.29. The van der Waals surface area contributed by atoms with Gasteiger partial charge in [0.15, 0.2) is 0 Å². The molecule has 0 aromatic rings. The van der Waals surface area contributed by atoms with Gasteiger partial charge in [-0.3, -0.25) is 4.79 Å². The van der Waals surface area contributed by atoms with Crippen LogP contribution in [-0.4, -0.2) is 59.7 Å². The molecule has 1 saturated heterocycles. The fraction of sp³-hybridized carbons (Fsp3) is 0.889. The number of hydrogen-bond acceptors (Lipinski definition) is 4. The third-order valence-corrected chi connectivity index (χ3v) is 3.27. The highest BCUT2D eigenvalue weighted by molar-refractivity contribution is 7.99. The maximum Gasteiger partial charge on any atom is 0.240 e. The van der Waals surface area contributed by atoms with E-state index in [2.05, 4.69) is 5.32 Å². The lowest BCUT2D eigenvalue weighted by Gasteiger charge is -2.24. The molecule has 4 nitrogen and oxygen atoms in total. The largest absolute Gasteiger partial charge is 0.392 e. The van der Waals surface area contributed by atoms with Crippen LogP contribution in [0.1, 0.15) is 6.92 Å². The quantitative estimate of drug-likeness (QED) is 0.672. The van der Waals surface area contributed by atoms with Gasteiger partial charge in [-0.1, -0.05) is 0 Å². The molecule has 0 aromatic heterocycles. The van der Waals surface area contributed by atoms with E-state index in [1.54, 1.807) is 30.6 Å². The Morgan fingerprint density at radius 2 is 2.50 bits per heavy atom. The second kappa shape index (κ2) is 5.58. The van der Waals surface area contributed by atoms with E-state index >= 15 is 0 Å². The Hall–Kier alpha value is -0.260. The number of hydrogen-bond donors (Lipinski definition) is 2. The van der Waals surface area contributed by atoms with Gasteiger partial charge in [-0.25, -0.2) is 0 Å². The Kier molecular flexibility index (Phi) is 4.71. The molecule has 1 heterocycles. The monoisotopic (exact) mass is 218 g/mol. The molecule has 0 saturated carbocycles. The number of thioether (sulfide) groups is 1. The van der Waals surface area contributed by atoms with Crippen molar-refractivity contribution in [3.63, 3.8) is 0 Å². The van der Waals surface area contributed by atoms with Crippen LogP contribution in [0.5, 0.6) is 0 Å². The smallest absolute Gasteiger partial charge is 0.240 e. The van der Waals surface area contributed by atoms with Gasteiger partial charge < -0.3 is 15.3 Å². The van der Waals surface area contributed by atoms with E-state index in [0.29, 0.717) is 6.54 Å². The fourth-order valence-corrected chi connectivity index (χ4v) is 2.55. The molecule has 0 aliphatic carbocycles. The minimum absolute atomic E-state index is 0.0961. The highest BCUT2D eigenvalue weighted by atomic mass is 32.2. The Labute approximate surface area is 89.0 Å². The van der Waals surface area contributed by atoms with Crippen molar-refractivity contribution < 1.29 is 9.90 Å². The first kappa shape index (κ1) is 11.8. The lowest BCUT2D eigenvalue weighted by atomic mass is 10.2. The third kappa shape index (κ3) is 3.15. The Bertz CT molecular complexity index is 199. The van der Waals surface area contributed by atoms with E-state index in [1.165, 1.54) is 0 Å². The molecule has 1 rings (SSSR count). The molecule has 1 amide bonds. The van der Waals surface area contributed by atoms with Crippen molar-refractivity contribution in [2.45, 2.75) is 19.1 Å². The zero-order chi connectivity index (χ0) is 10.6. The molecular weight excluding hydrogens is 200 g/mol. The highest BCUT2D eigenvalue weighted by Crippen LogP contribution is 2.12. The number of β-amino-alcohol motifs (C(OH)–C–C–N with tert-alkyl or cyclic N) is 1. The molecule has 0 aromatic carbocycles. The van der Waals surface area contributed by atoms with Crippen molar-refractivity contribution in [2.75, 3.05) is 31.6 Å². The number of amides is 1. The molecule has 2 N–H and O–H groups in total. The van der Waals surface area contributed by atoms with E-state index in [1.807, 2.05) is 0 Å². The van der Waals surface area contributed by atoms with Crippen molar-refractivity contribution in [1.82, 2.24) is 10.2 Å². The van der Waals surface area contributed by atoms with Gasteiger partial charge in [0.2, 0.25) is 5.91 Å².